The Bertz CT molecular complexity index is 432. The average Bonchev–Trinajstić information content (AvgIpc) is 2.71. The van der Waals surface area contributed by atoms with Crippen molar-refractivity contribution < 1.29 is 42.9 Å². The van der Waals surface area contributed by atoms with Crippen molar-refractivity contribution in [2.24, 2.45) is 11.8 Å². The number of hydrogen-bond donors (Lipinski definition) is 0. The Labute approximate surface area is 252 Å². The fraction of sp³-hybridized carbons (Fsp3) is 1.00. The highest BCUT2D eigenvalue weighted by atomic mass is 79.9. The van der Waals surface area contributed by atoms with Crippen LogP contribution in [-0.2, 0) is 0 Å². The van der Waals surface area contributed by atoms with Gasteiger partial charge in [0.1, 0.15) is 0 Å². The van der Waals surface area contributed by atoms with E-state index in [1.54, 1.807) is 0 Å². The zero-order valence-electron chi connectivity index (χ0n) is 27.7. The summed E-state index contributed by atoms with van der Waals surface area (Å²) in [5.74, 6) is 1.60. The first-order valence-corrected chi connectivity index (χ1v) is 15.1. The molecule has 0 saturated heterocycles. The number of rotatable bonds is 18. The van der Waals surface area contributed by atoms with E-state index in [4.69, 9.17) is 0 Å². The lowest BCUT2D eigenvalue weighted by Crippen LogP contribution is -3.00. The monoisotopic (exact) mass is 642 g/mol. The minimum absolute atomic E-state index is 0. The highest BCUT2D eigenvalue weighted by molar-refractivity contribution is 4.77. The maximum Gasteiger partial charge on any atom is 0.0955 e. The van der Waals surface area contributed by atoms with Crippen LogP contribution in [0.15, 0.2) is 0 Å². The first-order valence-electron chi connectivity index (χ1n) is 15.1. The van der Waals surface area contributed by atoms with E-state index >= 15 is 0 Å². The van der Waals surface area contributed by atoms with Crippen molar-refractivity contribution >= 4 is 0 Å². The minimum Gasteiger partial charge on any atom is -1.00 e. The SMILES string of the molecule is CCCCCCCCC(C)C(C)(C)[N+](C)(C)C.CCCCCCCCC(C)C(C)(C)[N+](C)(C)C.[Br-].[Br-]. The maximum atomic E-state index is 2.43. The van der Waals surface area contributed by atoms with Crippen molar-refractivity contribution in [2.75, 3.05) is 42.3 Å². The van der Waals surface area contributed by atoms with Crippen LogP contribution < -0.4 is 34.0 Å². The smallest absolute Gasteiger partial charge is 0.0955 e. The van der Waals surface area contributed by atoms with Crippen LogP contribution in [0.4, 0.5) is 0 Å². The number of nitrogens with zero attached hydrogens (tertiary/aromatic N) is 2. The van der Waals surface area contributed by atoms with Crippen LogP contribution in [0.2, 0.25) is 0 Å². The first kappa shape index (κ1) is 43.9. The molecule has 2 nitrogen and oxygen atoms in total. The first-order chi connectivity index (χ1) is 15.5. The van der Waals surface area contributed by atoms with Gasteiger partial charge in [0, 0.05) is 11.8 Å². The molecule has 0 radical (unpaired) electrons. The van der Waals surface area contributed by atoms with Gasteiger partial charge in [-0.2, -0.15) is 0 Å². The van der Waals surface area contributed by atoms with Crippen molar-refractivity contribution in [1.29, 1.82) is 0 Å². The van der Waals surface area contributed by atoms with E-state index in [9.17, 15) is 0 Å². The summed E-state index contributed by atoms with van der Waals surface area (Å²) in [5, 5.41) is 0. The summed E-state index contributed by atoms with van der Waals surface area (Å²) in [6.07, 6.45) is 19.7. The van der Waals surface area contributed by atoms with Gasteiger partial charge in [0.2, 0.25) is 0 Å². The fourth-order valence-electron chi connectivity index (χ4n) is 4.49. The summed E-state index contributed by atoms with van der Waals surface area (Å²) in [6, 6.07) is 0. The van der Waals surface area contributed by atoms with Crippen molar-refractivity contribution in [2.45, 2.75) is 156 Å². The number of unbranched alkanes of at least 4 members (excludes halogenated alkanes) is 10. The molecule has 4 heteroatoms. The molecule has 0 aromatic heterocycles. The molecule has 0 aromatic carbocycles. The topological polar surface area (TPSA) is 0 Å². The molecule has 0 saturated carbocycles. The molecule has 0 aliphatic heterocycles. The van der Waals surface area contributed by atoms with Crippen molar-refractivity contribution in [3.63, 3.8) is 0 Å². The Morgan fingerprint density at radius 2 is 0.667 bits per heavy atom. The zero-order valence-corrected chi connectivity index (χ0v) is 30.9. The van der Waals surface area contributed by atoms with Gasteiger partial charge in [0.15, 0.2) is 0 Å². The fourth-order valence-corrected chi connectivity index (χ4v) is 4.49. The molecule has 0 N–H and O–H groups in total. The molecule has 0 fully saturated rings. The summed E-state index contributed by atoms with van der Waals surface area (Å²) < 4.78 is 2.12. The Morgan fingerprint density at radius 1 is 0.444 bits per heavy atom. The van der Waals surface area contributed by atoms with E-state index < -0.39 is 0 Å². The van der Waals surface area contributed by atoms with Crippen LogP contribution in [0.5, 0.6) is 0 Å². The van der Waals surface area contributed by atoms with Crippen LogP contribution in [0.1, 0.15) is 145 Å². The third-order valence-corrected chi connectivity index (χ3v) is 9.85. The van der Waals surface area contributed by atoms with Crippen LogP contribution >= 0.6 is 0 Å². The van der Waals surface area contributed by atoms with Crippen LogP contribution in [0, 0.1) is 11.8 Å². The van der Waals surface area contributed by atoms with Gasteiger partial charge in [-0.05, 0) is 40.5 Å². The van der Waals surface area contributed by atoms with Gasteiger partial charge in [-0.15, -0.1) is 0 Å². The summed E-state index contributed by atoms with van der Waals surface area (Å²) in [5.41, 5.74) is 0.757. The molecule has 2 unspecified atom stereocenters. The van der Waals surface area contributed by atoms with Crippen LogP contribution in [-0.4, -0.2) is 62.3 Å². The van der Waals surface area contributed by atoms with Gasteiger partial charge in [-0.25, -0.2) is 0 Å². The molecule has 0 amide bonds. The van der Waals surface area contributed by atoms with Gasteiger partial charge in [0.25, 0.3) is 0 Å². The van der Waals surface area contributed by atoms with E-state index in [1.807, 2.05) is 0 Å². The van der Waals surface area contributed by atoms with Gasteiger partial charge >= 0.3 is 0 Å². The molecule has 0 spiro atoms. The van der Waals surface area contributed by atoms with Crippen molar-refractivity contribution in [3.05, 3.63) is 0 Å². The lowest BCUT2D eigenvalue weighted by Gasteiger charge is -2.45. The Kier molecular flexibility index (Phi) is 26.4. The van der Waals surface area contributed by atoms with Gasteiger partial charge in [0.05, 0.1) is 53.4 Å². The van der Waals surface area contributed by atoms with Crippen molar-refractivity contribution in [3.8, 4) is 0 Å². The molecule has 0 aliphatic rings. The third-order valence-electron chi connectivity index (χ3n) is 9.85. The van der Waals surface area contributed by atoms with E-state index in [0.29, 0.717) is 11.1 Å². The van der Waals surface area contributed by atoms with E-state index in [0.717, 1.165) is 20.8 Å². The van der Waals surface area contributed by atoms with E-state index in [1.165, 1.54) is 89.9 Å². The second-order valence-corrected chi connectivity index (χ2v) is 14.2. The van der Waals surface area contributed by atoms with E-state index in [2.05, 4.69) is 97.7 Å². The predicted octanol–water partition coefficient (Wildman–Crippen LogP) is 3.72. The summed E-state index contributed by atoms with van der Waals surface area (Å²) in [4.78, 5) is 0. The van der Waals surface area contributed by atoms with Crippen LogP contribution in [0.3, 0.4) is 0 Å². The second-order valence-electron chi connectivity index (χ2n) is 14.2. The highest BCUT2D eigenvalue weighted by Crippen LogP contribution is 2.31. The molecule has 0 bridgehead atoms. The number of halogens is 2. The lowest BCUT2D eigenvalue weighted by molar-refractivity contribution is -0.924. The molecule has 0 aliphatic carbocycles. The van der Waals surface area contributed by atoms with Crippen LogP contribution in [0.25, 0.3) is 0 Å². The molecule has 0 heterocycles. The normalized spacial score (nSPS) is 14.2. The molecular formula is C32H72Br2N2. The largest absolute Gasteiger partial charge is 1.00 e. The van der Waals surface area contributed by atoms with Gasteiger partial charge in [-0.1, -0.05) is 105 Å². The third kappa shape index (κ3) is 18.2. The molecule has 0 aromatic rings. The Hall–Kier alpha value is 0.880. The maximum absolute atomic E-state index is 2.43. The zero-order chi connectivity index (χ0) is 27.1. The van der Waals surface area contributed by atoms with Gasteiger partial charge < -0.3 is 42.9 Å². The summed E-state index contributed by atoms with van der Waals surface area (Å²) in [7, 11) is 13.9. The predicted molar refractivity (Wildman–Crippen MR) is 159 cm³/mol. The number of quaternary nitrogens is 2. The standard InChI is InChI=1S/2C16H36N.2BrH/c2*1-8-9-10-11-12-13-14-15(2)16(3,4)17(5,6)7;;/h2*15H,8-14H2,1-7H3;2*1H/q2*+1;;/p-2. The quantitative estimate of drug-likeness (QED) is 0.158. The molecule has 36 heavy (non-hydrogen) atoms. The minimum atomic E-state index is 0. The molecular weight excluding hydrogens is 572 g/mol. The molecule has 2 atom stereocenters. The summed E-state index contributed by atoms with van der Waals surface area (Å²) >= 11 is 0. The Balaban J connectivity index is -0.000000269. The van der Waals surface area contributed by atoms with Gasteiger partial charge in [-0.3, -0.25) is 0 Å². The molecule has 224 valence electrons. The van der Waals surface area contributed by atoms with E-state index in [-0.39, 0.29) is 34.0 Å². The highest BCUT2D eigenvalue weighted by Gasteiger charge is 2.38. The summed E-state index contributed by atoms with van der Waals surface area (Å²) in [6.45, 7) is 19.1. The number of hydrogen-bond acceptors (Lipinski definition) is 0. The Morgan fingerprint density at radius 3 is 0.889 bits per heavy atom. The second kappa shape index (κ2) is 21.7. The molecule has 0 rings (SSSR count). The van der Waals surface area contributed by atoms with Crippen molar-refractivity contribution in [1.82, 2.24) is 0 Å². The lowest BCUT2D eigenvalue weighted by atomic mass is 9.82. The average molecular weight is 645 g/mol.